The van der Waals surface area contributed by atoms with Crippen molar-refractivity contribution in [3.63, 3.8) is 0 Å². The number of aliphatic hydroxyl groups is 1. The Morgan fingerprint density at radius 3 is 2.60 bits per heavy atom. The zero-order valence-corrected chi connectivity index (χ0v) is 13.9. The highest BCUT2D eigenvalue weighted by Gasteiger charge is 2.36. The largest absolute Gasteiger partial charge is 0.427 e. The molecule has 1 aromatic heterocycles. The van der Waals surface area contributed by atoms with Crippen LogP contribution in [0.1, 0.15) is 27.2 Å². The summed E-state index contributed by atoms with van der Waals surface area (Å²) in [6, 6.07) is 11.5. The highest BCUT2D eigenvalue weighted by atomic mass is 19.1. The molecule has 1 aliphatic rings. The lowest BCUT2D eigenvalue weighted by Gasteiger charge is -2.16. The first-order valence-electron chi connectivity index (χ1n) is 8.24. The Labute approximate surface area is 144 Å². The fraction of sp³-hybridized carbons (Fsp3) is 0.368. The quantitative estimate of drug-likeness (QED) is 0.919. The van der Waals surface area contributed by atoms with Crippen molar-refractivity contribution in [1.82, 2.24) is 4.90 Å². The number of aliphatic hydroxyl groups excluding tert-OH is 1. The maximum atomic E-state index is 13.4. The van der Waals surface area contributed by atoms with Gasteiger partial charge in [0.25, 0.3) is 5.91 Å². The van der Waals surface area contributed by atoms with Crippen LogP contribution < -0.4 is 5.63 Å². The van der Waals surface area contributed by atoms with Crippen molar-refractivity contribution in [2.75, 3.05) is 13.1 Å². The minimum absolute atomic E-state index is 0.0928. The first-order chi connectivity index (χ1) is 12.0. The Balaban J connectivity index is 1.76. The number of benzene rings is 1. The fourth-order valence-electron chi connectivity index (χ4n) is 3.04. The van der Waals surface area contributed by atoms with Gasteiger partial charge in [-0.05, 0) is 30.5 Å². The zero-order valence-electron chi connectivity index (χ0n) is 13.9. The molecule has 2 heterocycles. The summed E-state index contributed by atoms with van der Waals surface area (Å²) in [6.45, 7) is 1.33. The van der Waals surface area contributed by atoms with Gasteiger partial charge >= 0.3 is 5.63 Å². The first-order valence-corrected chi connectivity index (χ1v) is 8.24. The molecule has 0 radical (unpaired) electrons. The Hall–Kier alpha value is -2.47. The first kappa shape index (κ1) is 17.4. The van der Waals surface area contributed by atoms with Crippen LogP contribution in [0.5, 0.6) is 0 Å². The number of likely N-dealkylation sites (tertiary alicyclic amines) is 1. The van der Waals surface area contributed by atoms with Gasteiger partial charge in [0.05, 0.1) is 6.54 Å². The summed E-state index contributed by atoms with van der Waals surface area (Å²) in [7, 11) is 0. The summed E-state index contributed by atoms with van der Waals surface area (Å²) >= 11 is 0. The number of β-amino-alcohol motifs (C(OH)–C–C–N with tert-alkyl or cyclic N) is 1. The Morgan fingerprint density at radius 1 is 1.28 bits per heavy atom. The molecular weight excluding hydrogens is 325 g/mol. The number of carbonyl (C=O) groups excluding carboxylic acids is 1. The van der Waals surface area contributed by atoms with Gasteiger partial charge in [-0.1, -0.05) is 30.3 Å². The third kappa shape index (κ3) is 3.79. The third-order valence-corrected chi connectivity index (χ3v) is 4.42. The van der Waals surface area contributed by atoms with Crippen LogP contribution >= 0.6 is 0 Å². The molecule has 0 unspecified atom stereocenters. The molecule has 1 N–H and O–H groups in total. The second-order valence-corrected chi connectivity index (χ2v) is 6.34. The maximum Gasteiger partial charge on any atom is 0.349 e. The molecule has 0 saturated carbocycles. The standard InChI is InChI=1S/C19H20FNO4/c1-12-9-14(8-7-13-5-3-2-4-6-13)25-19(24)17(12)18(23)21-10-15(20)16(22)11-21/h2-6,9,15-16,22H,7-8,10-11H2,1H3/t15-,16-/m1/s1. The van der Waals surface area contributed by atoms with Gasteiger partial charge in [0.1, 0.15) is 23.6 Å². The predicted molar refractivity (Wildman–Crippen MR) is 90.4 cm³/mol. The molecule has 1 aliphatic heterocycles. The molecule has 5 nitrogen and oxygen atoms in total. The number of hydrogen-bond donors (Lipinski definition) is 1. The number of aryl methyl sites for hydroxylation is 3. The highest BCUT2D eigenvalue weighted by molar-refractivity contribution is 5.95. The minimum atomic E-state index is -1.48. The number of hydrogen-bond acceptors (Lipinski definition) is 4. The molecule has 132 valence electrons. The van der Waals surface area contributed by atoms with E-state index >= 15 is 0 Å². The third-order valence-electron chi connectivity index (χ3n) is 4.42. The normalized spacial score (nSPS) is 20.0. The van der Waals surface area contributed by atoms with Crippen LogP contribution in [0.2, 0.25) is 0 Å². The van der Waals surface area contributed by atoms with Crippen molar-refractivity contribution < 1.29 is 18.7 Å². The van der Waals surface area contributed by atoms with Crippen molar-refractivity contribution in [3.05, 3.63) is 69.3 Å². The topological polar surface area (TPSA) is 70.8 Å². The molecule has 1 amide bonds. The lowest BCUT2D eigenvalue weighted by molar-refractivity contribution is 0.0758. The number of nitrogens with zero attached hydrogens (tertiary/aromatic N) is 1. The SMILES string of the molecule is Cc1cc(CCc2ccccc2)oc(=O)c1C(=O)N1C[C@@H](O)[C@H](F)C1. The lowest BCUT2D eigenvalue weighted by atomic mass is 10.1. The van der Waals surface area contributed by atoms with Crippen LogP contribution in [0, 0.1) is 6.92 Å². The van der Waals surface area contributed by atoms with E-state index in [4.69, 9.17) is 4.42 Å². The van der Waals surface area contributed by atoms with Gasteiger partial charge in [-0.15, -0.1) is 0 Å². The van der Waals surface area contributed by atoms with Gasteiger partial charge in [0, 0.05) is 13.0 Å². The van der Waals surface area contributed by atoms with Crippen molar-refractivity contribution in [2.24, 2.45) is 0 Å². The smallest absolute Gasteiger partial charge is 0.349 e. The van der Waals surface area contributed by atoms with Gasteiger partial charge in [-0.25, -0.2) is 9.18 Å². The van der Waals surface area contributed by atoms with E-state index in [-0.39, 0.29) is 18.7 Å². The summed E-state index contributed by atoms with van der Waals surface area (Å²) in [4.78, 5) is 25.9. The van der Waals surface area contributed by atoms with Crippen LogP contribution in [0.25, 0.3) is 0 Å². The Morgan fingerprint density at radius 2 is 2.00 bits per heavy atom. The van der Waals surface area contributed by atoms with E-state index in [1.54, 1.807) is 13.0 Å². The summed E-state index contributed by atoms with van der Waals surface area (Å²) < 4.78 is 18.7. The van der Waals surface area contributed by atoms with Gasteiger partial charge in [-0.2, -0.15) is 0 Å². The van der Waals surface area contributed by atoms with E-state index in [1.165, 1.54) is 0 Å². The average molecular weight is 345 g/mol. The van der Waals surface area contributed by atoms with Gasteiger partial charge in [-0.3, -0.25) is 4.79 Å². The molecule has 2 aromatic rings. The van der Waals surface area contributed by atoms with Crippen molar-refractivity contribution >= 4 is 5.91 Å². The molecule has 0 aliphatic carbocycles. The van der Waals surface area contributed by atoms with E-state index in [2.05, 4.69) is 0 Å². The molecule has 25 heavy (non-hydrogen) atoms. The number of halogens is 1. The van der Waals surface area contributed by atoms with Crippen molar-refractivity contribution in [2.45, 2.75) is 32.0 Å². The van der Waals surface area contributed by atoms with Gasteiger partial charge in [0.15, 0.2) is 0 Å². The van der Waals surface area contributed by atoms with Crippen molar-refractivity contribution in [3.8, 4) is 0 Å². The lowest BCUT2D eigenvalue weighted by Crippen LogP contribution is -2.34. The molecule has 0 spiro atoms. The van der Waals surface area contributed by atoms with Crippen LogP contribution in [-0.4, -0.2) is 41.3 Å². The molecule has 2 atom stereocenters. The molecule has 1 aromatic carbocycles. The molecule has 0 bridgehead atoms. The zero-order chi connectivity index (χ0) is 18.0. The van der Waals surface area contributed by atoms with Crippen LogP contribution in [0.15, 0.2) is 45.6 Å². The number of rotatable bonds is 4. The maximum absolute atomic E-state index is 13.4. The van der Waals surface area contributed by atoms with Crippen LogP contribution in [0.3, 0.4) is 0 Å². The summed E-state index contributed by atoms with van der Waals surface area (Å²) in [5.41, 5.74) is 0.818. The fourth-order valence-corrected chi connectivity index (χ4v) is 3.04. The Kier molecular flexibility index (Phi) is 4.99. The summed E-state index contributed by atoms with van der Waals surface area (Å²) in [5, 5.41) is 9.45. The number of carbonyl (C=O) groups is 1. The van der Waals surface area contributed by atoms with Crippen LogP contribution in [-0.2, 0) is 12.8 Å². The minimum Gasteiger partial charge on any atom is -0.427 e. The predicted octanol–water partition coefficient (Wildman–Crippen LogP) is 1.89. The monoisotopic (exact) mass is 345 g/mol. The number of amides is 1. The summed E-state index contributed by atoms with van der Waals surface area (Å²) in [6.07, 6.45) is -1.43. The van der Waals surface area contributed by atoms with E-state index in [0.717, 1.165) is 16.9 Å². The van der Waals surface area contributed by atoms with E-state index in [9.17, 15) is 19.1 Å². The van der Waals surface area contributed by atoms with E-state index in [0.29, 0.717) is 17.7 Å². The molecule has 1 fully saturated rings. The Bertz CT molecular complexity index is 808. The average Bonchev–Trinajstić information content (AvgIpc) is 2.92. The second kappa shape index (κ2) is 7.19. The molecule has 3 rings (SSSR count). The van der Waals surface area contributed by atoms with E-state index in [1.807, 2.05) is 30.3 Å². The second-order valence-electron chi connectivity index (χ2n) is 6.34. The van der Waals surface area contributed by atoms with Gasteiger partial charge in [0.2, 0.25) is 0 Å². The molecule has 1 saturated heterocycles. The van der Waals surface area contributed by atoms with Crippen molar-refractivity contribution in [1.29, 1.82) is 0 Å². The molecular formula is C19H20FNO4. The van der Waals surface area contributed by atoms with E-state index < -0.39 is 23.8 Å². The van der Waals surface area contributed by atoms with Gasteiger partial charge < -0.3 is 14.4 Å². The number of alkyl halides is 1. The molecule has 6 heteroatoms. The van der Waals surface area contributed by atoms with Crippen LogP contribution in [0.4, 0.5) is 4.39 Å². The summed E-state index contributed by atoms with van der Waals surface area (Å²) in [5.74, 6) is -0.0900. The highest BCUT2D eigenvalue weighted by Crippen LogP contribution is 2.18.